The second-order valence-electron chi connectivity index (χ2n) is 12.4. The van der Waals surface area contributed by atoms with E-state index in [2.05, 4.69) is 44.6 Å². The van der Waals surface area contributed by atoms with Crippen LogP contribution in [0.5, 0.6) is 0 Å². The van der Waals surface area contributed by atoms with Crippen molar-refractivity contribution in [2.75, 3.05) is 70.2 Å². The Balaban J connectivity index is 1.05. The van der Waals surface area contributed by atoms with Crippen molar-refractivity contribution in [3.05, 3.63) is 83.2 Å². The van der Waals surface area contributed by atoms with E-state index in [9.17, 15) is 4.79 Å². The molecule has 0 radical (unpaired) electrons. The van der Waals surface area contributed by atoms with E-state index >= 15 is 0 Å². The number of aromatic nitrogens is 1. The first kappa shape index (κ1) is 31.4. The molecule has 4 aliphatic heterocycles. The van der Waals surface area contributed by atoms with E-state index < -0.39 is 5.41 Å². The van der Waals surface area contributed by atoms with Crippen LogP contribution in [0.25, 0.3) is 5.57 Å². The Kier molecular flexibility index (Phi) is 9.14. The molecule has 11 nitrogen and oxygen atoms in total. The SMILES string of the molecule is C=C(CN1CC[C@]2(CCN(c3ccc(N)c(C(=N)C4=CCOCC4)n3)C2=O)C1)N1CC=C(c2ccc(C(N)=NC=NC)cc2)CC1. The maximum atomic E-state index is 13.9. The van der Waals surface area contributed by atoms with Crippen LogP contribution in [0.2, 0.25) is 0 Å². The van der Waals surface area contributed by atoms with Gasteiger partial charge in [-0.3, -0.25) is 25.0 Å². The van der Waals surface area contributed by atoms with Crippen molar-refractivity contribution in [3.63, 3.8) is 0 Å². The van der Waals surface area contributed by atoms with Gasteiger partial charge in [0.2, 0.25) is 5.91 Å². The molecule has 4 aliphatic rings. The van der Waals surface area contributed by atoms with Gasteiger partial charge >= 0.3 is 0 Å². The summed E-state index contributed by atoms with van der Waals surface area (Å²) in [6.45, 7) is 10.1. The summed E-state index contributed by atoms with van der Waals surface area (Å²) in [6, 6.07) is 11.7. The Bertz CT molecular complexity index is 1640. The molecule has 2 aromatic rings. The number of benzene rings is 1. The summed E-state index contributed by atoms with van der Waals surface area (Å²) in [5.41, 5.74) is 18.4. The van der Waals surface area contributed by atoms with E-state index in [4.69, 9.17) is 26.6 Å². The first-order valence-corrected chi connectivity index (χ1v) is 15.9. The summed E-state index contributed by atoms with van der Waals surface area (Å²) in [7, 11) is 1.66. The molecule has 1 atom stereocenters. The van der Waals surface area contributed by atoms with Gasteiger partial charge in [-0.2, -0.15) is 0 Å². The van der Waals surface area contributed by atoms with Gasteiger partial charge in [-0.1, -0.05) is 43.0 Å². The number of aliphatic imine (C=N–C) groups is 2. The molecule has 0 unspecified atom stereocenters. The molecule has 46 heavy (non-hydrogen) atoms. The number of carbonyl (C=O) groups is 1. The Hall–Kier alpha value is -4.61. The maximum absolute atomic E-state index is 13.9. The molecule has 5 heterocycles. The second-order valence-corrected chi connectivity index (χ2v) is 12.4. The minimum Gasteiger partial charge on any atom is -0.397 e. The number of nitrogens with one attached hydrogen (secondary N) is 1. The third-order valence-electron chi connectivity index (χ3n) is 9.58. The standard InChI is InChI=1S/C35H43N9O2/c1-24(43-15-9-26(10-16-43)25-3-5-28(6-4-25)33(38)40-23-39-2)21-42-17-13-35(22-42)14-18-44(34(35)45)30-8-7-29(36)32(41-30)31(37)27-11-19-46-20-12-27/h3-9,11,23,37H,1,10,12-22,36H2,2H3,(H2,38,39,40)/t35-/m0/s1. The molecule has 6 rings (SSSR count). The first-order chi connectivity index (χ1) is 22.3. The molecule has 1 aromatic heterocycles. The van der Waals surface area contributed by atoms with Gasteiger partial charge in [0.15, 0.2) is 0 Å². The molecule has 2 saturated heterocycles. The monoisotopic (exact) mass is 621 g/mol. The van der Waals surface area contributed by atoms with Gasteiger partial charge < -0.3 is 21.1 Å². The number of nitrogens with zero attached hydrogens (tertiary/aromatic N) is 6. The topological polar surface area (TPSA) is 150 Å². The fraction of sp³-hybridized carbons (Fsp3) is 0.400. The van der Waals surface area contributed by atoms with Gasteiger partial charge in [0, 0.05) is 51.0 Å². The Morgan fingerprint density at radius 3 is 2.65 bits per heavy atom. The number of pyridine rings is 1. The highest BCUT2D eigenvalue weighted by atomic mass is 16.5. The highest BCUT2D eigenvalue weighted by molar-refractivity contribution is 6.12. The number of hydrogen-bond donors (Lipinski definition) is 3. The van der Waals surface area contributed by atoms with E-state index in [1.165, 1.54) is 17.5 Å². The number of likely N-dealkylation sites (tertiary alicyclic amines) is 1. The number of nitrogens with two attached hydrogens (primary N) is 2. The Morgan fingerprint density at radius 1 is 1.13 bits per heavy atom. The Morgan fingerprint density at radius 2 is 1.93 bits per heavy atom. The molecular weight excluding hydrogens is 578 g/mol. The summed E-state index contributed by atoms with van der Waals surface area (Å²) in [6.07, 6.45) is 8.83. The summed E-state index contributed by atoms with van der Waals surface area (Å²) in [4.78, 5) is 33.1. The smallest absolute Gasteiger partial charge is 0.235 e. The van der Waals surface area contributed by atoms with Crippen LogP contribution >= 0.6 is 0 Å². The predicted octanol–water partition coefficient (Wildman–Crippen LogP) is 3.47. The fourth-order valence-electron chi connectivity index (χ4n) is 6.85. The Labute approximate surface area is 270 Å². The first-order valence-electron chi connectivity index (χ1n) is 15.9. The van der Waals surface area contributed by atoms with Crippen LogP contribution in [0.4, 0.5) is 11.5 Å². The van der Waals surface area contributed by atoms with Crippen molar-refractivity contribution in [3.8, 4) is 0 Å². The van der Waals surface area contributed by atoms with Crippen LogP contribution in [0.1, 0.15) is 42.5 Å². The lowest BCUT2D eigenvalue weighted by Gasteiger charge is -2.32. The molecular formula is C35H43N9O2. The van der Waals surface area contributed by atoms with Crippen molar-refractivity contribution in [2.45, 2.75) is 25.7 Å². The third-order valence-corrected chi connectivity index (χ3v) is 9.58. The molecule has 0 saturated carbocycles. The van der Waals surface area contributed by atoms with E-state index in [1.54, 1.807) is 24.1 Å². The van der Waals surface area contributed by atoms with Crippen molar-refractivity contribution >= 4 is 40.9 Å². The van der Waals surface area contributed by atoms with Crippen LogP contribution in [-0.4, -0.2) is 98.1 Å². The van der Waals surface area contributed by atoms with Crippen LogP contribution in [0.3, 0.4) is 0 Å². The van der Waals surface area contributed by atoms with Gasteiger partial charge in [-0.15, -0.1) is 0 Å². The van der Waals surface area contributed by atoms with Crippen LogP contribution in [0.15, 0.2) is 76.4 Å². The molecule has 5 N–H and O–H groups in total. The molecule has 11 heteroatoms. The number of rotatable bonds is 9. The second kappa shape index (κ2) is 13.4. The summed E-state index contributed by atoms with van der Waals surface area (Å²) in [5.74, 6) is 1.13. The molecule has 0 aliphatic carbocycles. The summed E-state index contributed by atoms with van der Waals surface area (Å²) >= 11 is 0. The highest BCUT2D eigenvalue weighted by Gasteiger charge is 2.51. The average Bonchev–Trinajstić information content (AvgIpc) is 3.65. The summed E-state index contributed by atoms with van der Waals surface area (Å²) < 4.78 is 5.39. The molecule has 240 valence electrons. The normalized spacial score (nSPS) is 22.5. The maximum Gasteiger partial charge on any atom is 0.235 e. The quantitative estimate of drug-likeness (QED) is 0.287. The minimum atomic E-state index is -0.418. The number of hydrogen-bond acceptors (Lipinski definition) is 8. The third kappa shape index (κ3) is 6.38. The van der Waals surface area contributed by atoms with Crippen LogP contribution < -0.4 is 16.4 Å². The molecule has 0 bridgehead atoms. The van der Waals surface area contributed by atoms with E-state index in [-0.39, 0.29) is 5.91 Å². The molecule has 1 aromatic carbocycles. The minimum absolute atomic E-state index is 0.115. The zero-order valence-electron chi connectivity index (χ0n) is 26.5. The predicted molar refractivity (Wildman–Crippen MR) is 184 cm³/mol. The number of amidine groups is 1. The zero-order chi connectivity index (χ0) is 32.3. The van der Waals surface area contributed by atoms with Crippen molar-refractivity contribution in [1.82, 2.24) is 14.8 Å². The number of amides is 1. The summed E-state index contributed by atoms with van der Waals surface area (Å²) in [5, 5.41) is 8.71. The van der Waals surface area contributed by atoms with Gasteiger partial charge in [-0.25, -0.2) is 9.98 Å². The van der Waals surface area contributed by atoms with E-state index in [0.29, 0.717) is 61.5 Å². The van der Waals surface area contributed by atoms with Gasteiger partial charge in [0.05, 0.1) is 30.0 Å². The van der Waals surface area contributed by atoms with Crippen molar-refractivity contribution < 1.29 is 9.53 Å². The van der Waals surface area contributed by atoms with Crippen LogP contribution in [-0.2, 0) is 9.53 Å². The molecule has 1 spiro atoms. The van der Waals surface area contributed by atoms with E-state index in [0.717, 1.165) is 62.3 Å². The fourth-order valence-corrected chi connectivity index (χ4v) is 6.85. The lowest BCUT2D eigenvalue weighted by atomic mass is 9.85. The van der Waals surface area contributed by atoms with Gasteiger partial charge in [-0.05, 0) is 61.1 Å². The molecule has 2 fully saturated rings. The number of carbonyl (C=O) groups excluding carboxylic acids is 1. The number of ether oxygens (including phenoxy) is 1. The van der Waals surface area contributed by atoms with Crippen molar-refractivity contribution in [1.29, 1.82) is 5.41 Å². The van der Waals surface area contributed by atoms with Crippen molar-refractivity contribution in [2.24, 2.45) is 21.1 Å². The lowest BCUT2D eigenvalue weighted by molar-refractivity contribution is -0.125. The van der Waals surface area contributed by atoms with Crippen LogP contribution in [0, 0.1) is 10.8 Å². The zero-order valence-corrected chi connectivity index (χ0v) is 26.5. The average molecular weight is 622 g/mol. The van der Waals surface area contributed by atoms with E-state index in [1.807, 2.05) is 18.2 Å². The van der Waals surface area contributed by atoms with Gasteiger partial charge in [0.1, 0.15) is 23.7 Å². The van der Waals surface area contributed by atoms with Gasteiger partial charge in [0.25, 0.3) is 0 Å². The largest absolute Gasteiger partial charge is 0.397 e. The number of anilines is 2. The number of nitrogen functional groups attached to an aromatic ring is 1. The highest BCUT2D eigenvalue weighted by Crippen LogP contribution is 2.42. The lowest BCUT2D eigenvalue weighted by Crippen LogP contribution is -2.39. The molecule has 1 amide bonds.